The van der Waals surface area contributed by atoms with Gasteiger partial charge < -0.3 is 10.8 Å². The van der Waals surface area contributed by atoms with Crippen molar-refractivity contribution < 1.29 is 5.11 Å². The van der Waals surface area contributed by atoms with Gasteiger partial charge in [-0.2, -0.15) is 5.10 Å². The minimum Gasteiger partial charge on any atom is -0.398 e. The topological polar surface area (TPSA) is 77.0 Å². The Morgan fingerprint density at radius 2 is 2.06 bits per heavy atom. The fraction of sp³-hybridized carbons (Fsp3) is 0.333. The zero-order chi connectivity index (χ0) is 12.4. The monoisotopic (exact) mass is 232 g/mol. The van der Waals surface area contributed by atoms with Gasteiger partial charge in [0.25, 0.3) is 0 Å². The molecule has 0 fully saturated rings. The van der Waals surface area contributed by atoms with Crippen molar-refractivity contribution in [1.29, 1.82) is 0 Å². The number of hydrogen-bond donors (Lipinski definition) is 2. The molecule has 0 radical (unpaired) electrons. The molecular formula is C12H16N4O. The van der Waals surface area contributed by atoms with E-state index in [2.05, 4.69) is 10.1 Å². The highest BCUT2D eigenvalue weighted by Crippen LogP contribution is 2.21. The second-order valence-electron chi connectivity index (χ2n) is 4.03. The number of rotatable bonds is 3. The maximum atomic E-state index is 10.1. The van der Waals surface area contributed by atoms with Crippen LogP contribution in [0, 0.1) is 13.8 Å². The van der Waals surface area contributed by atoms with Crippen molar-refractivity contribution in [3.63, 3.8) is 0 Å². The van der Waals surface area contributed by atoms with Gasteiger partial charge in [-0.05, 0) is 19.9 Å². The number of aliphatic hydroxyl groups excluding tert-OH is 1. The normalized spacial score (nSPS) is 12.6. The maximum absolute atomic E-state index is 10.1. The zero-order valence-electron chi connectivity index (χ0n) is 9.96. The molecule has 2 aromatic rings. The number of aliphatic hydroxyl groups is 1. The molecule has 0 aliphatic heterocycles. The predicted molar refractivity (Wildman–Crippen MR) is 65.3 cm³/mol. The Bertz CT molecular complexity index is 521. The number of nitrogen functional groups attached to an aromatic ring is 1. The fourth-order valence-corrected chi connectivity index (χ4v) is 1.81. The summed E-state index contributed by atoms with van der Waals surface area (Å²) < 4.78 is 1.69. The average molecular weight is 232 g/mol. The van der Waals surface area contributed by atoms with Gasteiger partial charge in [0.1, 0.15) is 17.8 Å². The first-order chi connectivity index (χ1) is 8.08. The molecule has 1 aromatic heterocycles. The summed E-state index contributed by atoms with van der Waals surface area (Å²) in [5.74, 6) is 1.49. The highest BCUT2D eigenvalue weighted by atomic mass is 16.3. The number of benzene rings is 1. The van der Waals surface area contributed by atoms with Crippen LogP contribution >= 0.6 is 0 Å². The van der Waals surface area contributed by atoms with Crippen molar-refractivity contribution in [2.75, 3.05) is 5.73 Å². The number of anilines is 1. The van der Waals surface area contributed by atoms with E-state index in [-0.39, 0.29) is 0 Å². The molecule has 0 saturated carbocycles. The molecule has 5 nitrogen and oxygen atoms in total. The summed E-state index contributed by atoms with van der Waals surface area (Å²) in [7, 11) is 0. The Kier molecular flexibility index (Phi) is 3.10. The van der Waals surface area contributed by atoms with E-state index >= 15 is 0 Å². The Balaban J connectivity index is 2.20. The molecule has 1 unspecified atom stereocenters. The molecule has 0 amide bonds. The van der Waals surface area contributed by atoms with Crippen LogP contribution in [0.15, 0.2) is 24.3 Å². The molecule has 1 atom stereocenters. The smallest absolute Gasteiger partial charge is 0.147 e. The minimum absolute atomic E-state index is 0.362. The Morgan fingerprint density at radius 1 is 1.35 bits per heavy atom. The molecule has 17 heavy (non-hydrogen) atoms. The first kappa shape index (κ1) is 11.6. The van der Waals surface area contributed by atoms with E-state index < -0.39 is 6.10 Å². The fourth-order valence-electron chi connectivity index (χ4n) is 1.81. The number of nitrogens with zero attached hydrogens (tertiary/aromatic N) is 3. The Morgan fingerprint density at radius 3 is 2.65 bits per heavy atom. The van der Waals surface area contributed by atoms with Crippen LogP contribution < -0.4 is 5.73 Å². The predicted octanol–water partition coefficient (Wildman–Crippen LogP) is 1.21. The third-order valence-electron chi connectivity index (χ3n) is 2.66. The molecule has 3 N–H and O–H groups in total. The van der Waals surface area contributed by atoms with Gasteiger partial charge >= 0.3 is 0 Å². The molecular weight excluding hydrogens is 216 g/mol. The lowest BCUT2D eigenvalue weighted by Gasteiger charge is -2.13. The van der Waals surface area contributed by atoms with E-state index in [9.17, 15) is 5.11 Å². The van der Waals surface area contributed by atoms with E-state index in [1.165, 1.54) is 0 Å². The molecule has 0 saturated heterocycles. The lowest BCUT2D eigenvalue weighted by atomic mass is 10.1. The van der Waals surface area contributed by atoms with Gasteiger partial charge in [0.15, 0.2) is 0 Å². The summed E-state index contributed by atoms with van der Waals surface area (Å²) in [5, 5.41) is 14.3. The van der Waals surface area contributed by atoms with Gasteiger partial charge in [-0.25, -0.2) is 9.67 Å². The quantitative estimate of drug-likeness (QED) is 0.780. The summed E-state index contributed by atoms with van der Waals surface area (Å²) in [6.07, 6.45) is -0.670. The van der Waals surface area contributed by atoms with Crippen LogP contribution in [0.2, 0.25) is 0 Å². The van der Waals surface area contributed by atoms with E-state index in [1.807, 2.05) is 32.0 Å². The summed E-state index contributed by atoms with van der Waals surface area (Å²) in [6, 6.07) is 7.29. The van der Waals surface area contributed by atoms with E-state index in [0.29, 0.717) is 18.1 Å². The van der Waals surface area contributed by atoms with E-state index in [1.54, 1.807) is 10.7 Å². The Hall–Kier alpha value is -1.88. The van der Waals surface area contributed by atoms with Crippen molar-refractivity contribution in [2.45, 2.75) is 26.5 Å². The van der Waals surface area contributed by atoms with Gasteiger partial charge in [0.05, 0.1) is 6.54 Å². The van der Waals surface area contributed by atoms with Crippen LogP contribution in [-0.4, -0.2) is 19.9 Å². The third-order valence-corrected chi connectivity index (χ3v) is 2.66. The van der Waals surface area contributed by atoms with Crippen LogP contribution in [0.4, 0.5) is 5.69 Å². The van der Waals surface area contributed by atoms with Crippen molar-refractivity contribution in [1.82, 2.24) is 14.8 Å². The first-order valence-corrected chi connectivity index (χ1v) is 5.48. The molecule has 0 aliphatic rings. The molecule has 0 bridgehead atoms. The van der Waals surface area contributed by atoms with Crippen molar-refractivity contribution in [3.05, 3.63) is 41.5 Å². The lowest BCUT2D eigenvalue weighted by Crippen LogP contribution is -2.13. The molecule has 5 heteroatoms. The third kappa shape index (κ3) is 2.45. The average Bonchev–Trinajstić information content (AvgIpc) is 2.58. The standard InChI is InChI=1S/C12H16N4O/c1-8-14-9(2)16(15-8)7-12(17)10-5-3-4-6-11(10)13/h3-6,12,17H,7,13H2,1-2H3. The zero-order valence-corrected chi connectivity index (χ0v) is 9.96. The van der Waals surface area contributed by atoms with E-state index in [4.69, 9.17) is 5.73 Å². The van der Waals surface area contributed by atoms with Crippen molar-refractivity contribution in [3.8, 4) is 0 Å². The van der Waals surface area contributed by atoms with Crippen molar-refractivity contribution >= 4 is 5.69 Å². The molecule has 0 aliphatic carbocycles. The van der Waals surface area contributed by atoms with Crippen molar-refractivity contribution in [2.24, 2.45) is 0 Å². The summed E-state index contributed by atoms with van der Waals surface area (Å²) in [4.78, 5) is 4.19. The maximum Gasteiger partial charge on any atom is 0.147 e. The van der Waals surface area contributed by atoms with Crippen LogP contribution in [0.25, 0.3) is 0 Å². The molecule has 90 valence electrons. The van der Waals surface area contributed by atoms with Gasteiger partial charge in [0.2, 0.25) is 0 Å². The van der Waals surface area contributed by atoms with Gasteiger partial charge in [-0.1, -0.05) is 18.2 Å². The first-order valence-electron chi connectivity index (χ1n) is 5.48. The molecule has 1 aromatic carbocycles. The lowest BCUT2D eigenvalue weighted by molar-refractivity contribution is 0.151. The summed E-state index contributed by atoms with van der Waals surface area (Å²) >= 11 is 0. The van der Waals surface area contributed by atoms with Gasteiger partial charge in [-0.15, -0.1) is 0 Å². The number of aromatic nitrogens is 3. The molecule has 0 spiro atoms. The second-order valence-corrected chi connectivity index (χ2v) is 4.03. The largest absolute Gasteiger partial charge is 0.398 e. The number of aryl methyl sites for hydroxylation is 2. The van der Waals surface area contributed by atoms with Crippen LogP contribution in [0.1, 0.15) is 23.3 Å². The second kappa shape index (κ2) is 4.55. The SMILES string of the molecule is Cc1nc(C)n(CC(O)c2ccccc2N)n1. The minimum atomic E-state index is -0.670. The summed E-state index contributed by atoms with van der Waals surface area (Å²) in [5.41, 5.74) is 7.13. The van der Waals surface area contributed by atoms with Crippen LogP contribution in [0.3, 0.4) is 0 Å². The van der Waals surface area contributed by atoms with E-state index in [0.717, 1.165) is 11.4 Å². The molecule has 1 heterocycles. The van der Waals surface area contributed by atoms with Crippen LogP contribution in [-0.2, 0) is 6.54 Å². The number of para-hydroxylation sites is 1. The van der Waals surface area contributed by atoms with Crippen LogP contribution in [0.5, 0.6) is 0 Å². The summed E-state index contributed by atoms with van der Waals surface area (Å²) in [6.45, 7) is 4.05. The Labute approximate surface area is 99.9 Å². The molecule has 2 rings (SSSR count). The van der Waals surface area contributed by atoms with Gasteiger partial charge in [0, 0.05) is 11.3 Å². The highest BCUT2D eigenvalue weighted by molar-refractivity contribution is 5.47. The highest BCUT2D eigenvalue weighted by Gasteiger charge is 2.13. The number of nitrogens with two attached hydrogens (primary N) is 1. The van der Waals surface area contributed by atoms with Gasteiger partial charge in [-0.3, -0.25) is 0 Å². The number of hydrogen-bond acceptors (Lipinski definition) is 4.